The van der Waals surface area contributed by atoms with Gasteiger partial charge in [-0.05, 0) is 59.7 Å². The molecule has 0 aliphatic rings. The molecule has 2 N–H and O–H groups in total. The lowest BCUT2D eigenvalue weighted by Gasteiger charge is -2.10. The van der Waals surface area contributed by atoms with Crippen molar-refractivity contribution in [3.63, 3.8) is 0 Å². The number of rotatable bonds is 6. The Hall–Kier alpha value is -3.34. The molecule has 6 heteroatoms. The maximum Gasteiger partial charge on any atom is 0.248 e. The Morgan fingerprint density at radius 1 is 0.633 bits per heavy atom. The SMILES string of the molecule is O=C(/C=C/c1cccc(Cl)c1)Nc1ccccc1NC(=O)/C=C/c1cccc(Cl)c1. The quantitative estimate of drug-likeness (QED) is 0.445. The smallest absolute Gasteiger partial charge is 0.248 e. The van der Waals surface area contributed by atoms with Gasteiger partial charge in [-0.3, -0.25) is 9.59 Å². The summed E-state index contributed by atoms with van der Waals surface area (Å²) in [5.74, 6) is -0.655. The van der Waals surface area contributed by atoms with Crippen LogP contribution in [0.3, 0.4) is 0 Å². The summed E-state index contributed by atoms with van der Waals surface area (Å²) >= 11 is 11.9. The van der Waals surface area contributed by atoms with Crippen LogP contribution < -0.4 is 10.6 Å². The first kappa shape index (κ1) is 21.4. The van der Waals surface area contributed by atoms with Crippen LogP contribution in [0, 0.1) is 0 Å². The van der Waals surface area contributed by atoms with E-state index in [1.807, 2.05) is 24.3 Å². The molecule has 0 aliphatic carbocycles. The van der Waals surface area contributed by atoms with Crippen LogP contribution in [0.5, 0.6) is 0 Å². The van der Waals surface area contributed by atoms with Crippen molar-refractivity contribution in [1.82, 2.24) is 0 Å². The van der Waals surface area contributed by atoms with Crippen molar-refractivity contribution in [3.05, 3.63) is 106 Å². The Bertz CT molecular complexity index is 1030. The summed E-state index contributed by atoms with van der Waals surface area (Å²) in [6.45, 7) is 0. The summed E-state index contributed by atoms with van der Waals surface area (Å²) in [6.07, 6.45) is 6.14. The zero-order valence-electron chi connectivity index (χ0n) is 15.8. The minimum absolute atomic E-state index is 0.328. The van der Waals surface area contributed by atoms with Crippen LogP contribution >= 0.6 is 23.2 Å². The van der Waals surface area contributed by atoms with Gasteiger partial charge in [-0.25, -0.2) is 0 Å². The molecular weight excluding hydrogens is 419 g/mol. The zero-order chi connectivity index (χ0) is 21.3. The Morgan fingerprint density at radius 2 is 1.07 bits per heavy atom. The van der Waals surface area contributed by atoms with Crippen LogP contribution in [0.1, 0.15) is 11.1 Å². The van der Waals surface area contributed by atoms with Gasteiger partial charge in [0, 0.05) is 22.2 Å². The summed E-state index contributed by atoms with van der Waals surface area (Å²) in [7, 11) is 0. The highest BCUT2D eigenvalue weighted by Gasteiger charge is 2.06. The Kier molecular flexibility index (Phi) is 7.44. The first-order chi connectivity index (χ1) is 14.5. The van der Waals surface area contributed by atoms with Crippen molar-refractivity contribution in [3.8, 4) is 0 Å². The molecule has 30 heavy (non-hydrogen) atoms. The summed E-state index contributed by atoms with van der Waals surface area (Å²) in [5, 5.41) is 6.72. The predicted molar refractivity (Wildman–Crippen MR) is 125 cm³/mol. The largest absolute Gasteiger partial charge is 0.321 e. The van der Waals surface area contributed by atoms with Crippen LogP contribution in [-0.4, -0.2) is 11.8 Å². The van der Waals surface area contributed by atoms with Gasteiger partial charge in [0.25, 0.3) is 0 Å². The fraction of sp³-hybridized carbons (Fsp3) is 0. The fourth-order valence-corrected chi connectivity index (χ4v) is 3.01. The molecule has 0 aliphatic heterocycles. The van der Waals surface area contributed by atoms with Gasteiger partial charge in [0.1, 0.15) is 0 Å². The van der Waals surface area contributed by atoms with Crippen molar-refractivity contribution in [2.45, 2.75) is 0 Å². The first-order valence-electron chi connectivity index (χ1n) is 9.08. The molecule has 3 aromatic rings. The van der Waals surface area contributed by atoms with Crippen molar-refractivity contribution in [2.75, 3.05) is 10.6 Å². The highest BCUT2D eigenvalue weighted by Crippen LogP contribution is 2.21. The summed E-state index contributed by atoms with van der Waals surface area (Å²) in [4.78, 5) is 24.6. The topological polar surface area (TPSA) is 58.2 Å². The lowest BCUT2D eigenvalue weighted by molar-refractivity contribution is -0.112. The van der Waals surface area contributed by atoms with Gasteiger partial charge in [0.05, 0.1) is 11.4 Å². The molecule has 3 rings (SSSR count). The van der Waals surface area contributed by atoms with Crippen molar-refractivity contribution in [2.24, 2.45) is 0 Å². The number of halogens is 2. The highest BCUT2D eigenvalue weighted by atomic mass is 35.5. The van der Waals surface area contributed by atoms with Gasteiger partial charge >= 0.3 is 0 Å². The van der Waals surface area contributed by atoms with E-state index in [0.29, 0.717) is 21.4 Å². The second kappa shape index (κ2) is 10.4. The average Bonchev–Trinajstić information content (AvgIpc) is 2.72. The second-order valence-electron chi connectivity index (χ2n) is 6.30. The number of nitrogens with one attached hydrogen (secondary N) is 2. The molecule has 0 unspecified atom stereocenters. The van der Waals surface area contributed by atoms with Gasteiger partial charge in [-0.2, -0.15) is 0 Å². The maximum absolute atomic E-state index is 12.3. The molecular formula is C24H18Cl2N2O2. The van der Waals surface area contributed by atoms with Crippen LogP contribution in [-0.2, 0) is 9.59 Å². The maximum atomic E-state index is 12.3. The summed E-state index contributed by atoms with van der Waals surface area (Å²) in [6, 6.07) is 21.3. The van der Waals surface area contributed by atoms with Gasteiger partial charge in [-0.1, -0.05) is 59.6 Å². The Morgan fingerprint density at radius 3 is 1.47 bits per heavy atom. The third kappa shape index (κ3) is 6.62. The lowest BCUT2D eigenvalue weighted by Crippen LogP contribution is -2.13. The fourth-order valence-electron chi connectivity index (χ4n) is 2.61. The lowest BCUT2D eigenvalue weighted by atomic mass is 10.2. The van der Waals surface area contributed by atoms with Crippen LogP contribution in [0.15, 0.2) is 84.9 Å². The van der Waals surface area contributed by atoms with Crippen molar-refractivity contribution < 1.29 is 9.59 Å². The molecule has 0 spiro atoms. The third-order valence-corrected chi connectivity index (χ3v) is 4.46. The van der Waals surface area contributed by atoms with Gasteiger partial charge < -0.3 is 10.6 Å². The summed E-state index contributed by atoms with van der Waals surface area (Å²) < 4.78 is 0. The molecule has 0 aromatic heterocycles. The second-order valence-corrected chi connectivity index (χ2v) is 7.17. The van der Waals surface area contributed by atoms with Crippen LogP contribution in [0.2, 0.25) is 10.0 Å². The molecule has 2 amide bonds. The number of hydrogen-bond acceptors (Lipinski definition) is 2. The molecule has 0 saturated carbocycles. The van der Waals surface area contributed by atoms with E-state index in [0.717, 1.165) is 11.1 Å². The van der Waals surface area contributed by atoms with E-state index in [1.54, 1.807) is 60.7 Å². The van der Waals surface area contributed by atoms with Crippen molar-refractivity contribution in [1.29, 1.82) is 0 Å². The zero-order valence-corrected chi connectivity index (χ0v) is 17.3. The number of hydrogen-bond donors (Lipinski definition) is 2. The van der Waals surface area contributed by atoms with E-state index in [4.69, 9.17) is 23.2 Å². The van der Waals surface area contributed by atoms with Gasteiger partial charge in [-0.15, -0.1) is 0 Å². The number of para-hydroxylation sites is 2. The van der Waals surface area contributed by atoms with Crippen molar-refractivity contribution >= 4 is 58.5 Å². The molecule has 0 atom stereocenters. The van der Waals surface area contributed by atoms with Gasteiger partial charge in [0.2, 0.25) is 11.8 Å². The average molecular weight is 437 g/mol. The monoisotopic (exact) mass is 436 g/mol. The summed E-state index contributed by atoms with van der Waals surface area (Å²) in [5.41, 5.74) is 2.60. The van der Waals surface area contributed by atoms with E-state index >= 15 is 0 Å². The number of carbonyl (C=O) groups excluding carboxylic acids is 2. The molecule has 0 heterocycles. The first-order valence-corrected chi connectivity index (χ1v) is 9.83. The standard InChI is InChI=1S/C24H18Cl2N2O2/c25-19-7-3-5-17(15-19)11-13-23(29)27-21-9-1-2-10-22(21)28-24(30)14-12-18-6-4-8-20(26)16-18/h1-16H,(H,27,29)(H,28,30)/b13-11+,14-12+. The minimum atomic E-state index is -0.328. The Labute approximate surface area is 184 Å². The Balaban J connectivity index is 1.65. The van der Waals surface area contributed by atoms with E-state index in [2.05, 4.69) is 10.6 Å². The van der Waals surface area contributed by atoms with E-state index in [9.17, 15) is 9.59 Å². The highest BCUT2D eigenvalue weighted by molar-refractivity contribution is 6.31. The molecule has 4 nitrogen and oxygen atoms in total. The normalized spacial score (nSPS) is 11.0. The molecule has 0 bridgehead atoms. The number of anilines is 2. The number of benzene rings is 3. The van der Waals surface area contributed by atoms with Gasteiger partial charge in [0.15, 0.2) is 0 Å². The number of carbonyl (C=O) groups is 2. The molecule has 0 saturated heterocycles. The van der Waals surface area contributed by atoms with Crippen LogP contribution in [0.4, 0.5) is 11.4 Å². The molecule has 150 valence electrons. The molecule has 3 aromatic carbocycles. The van der Waals surface area contributed by atoms with Crippen LogP contribution in [0.25, 0.3) is 12.2 Å². The number of amides is 2. The third-order valence-electron chi connectivity index (χ3n) is 3.99. The molecule has 0 fully saturated rings. The van der Waals surface area contributed by atoms with E-state index in [1.165, 1.54) is 12.2 Å². The minimum Gasteiger partial charge on any atom is -0.321 e. The predicted octanol–water partition coefficient (Wildman–Crippen LogP) is 6.30. The van der Waals surface area contributed by atoms with E-state index in [-0.39, 0.29) is 11.8 Å². The van der Waals surface area contributed by atoms with E-state index < -0.39 is 0 Å². The molecule has 0 radical (unpaired) electrons.